The van der Waals surface area contributed by atoms with E-state index >= 15 is 0 Å². The first-order valence-electron chi connectivity index (χ1n) is 9.07. The molecule has 1 aromatic carbocycles. The van der Waals surface area contributed by atoms with Crippen LogP contribution in [-0.2, 0) is 16.6 Å². The lowest BCUT2D eigenvalue weighted by Gasteiger charge is -2.39. The molecule has 0 saturated heterocycles. The zero-order valence-electron chi connectivity index (χ0n) is 14.9. The molecule has 1 aromatic heterocycles. The fraction of sp³-hybridized carbons (Fsp3) is 0.526. The fourth-order valence-electron chi connectivity index (χ4n) is 3.16. The second-order valence-electron chi connectivity index (χ2n) is 6.81. The number of aliphatic hydroxyl groups excluding tert-OH is 1. The highest BCUT2D eigenvalue weighted by atomic mass is 35.5. The molecular formula is C19H24ClN3O3. The SMILES string of the molecule is CC[C@H](O)CNC(=O)CCc1nnc(C2(c3ccc(Cl)cc3)CCC2)o1. The molecule has 7 heteroatoms. The van der Waals surface area contributed by atoms with Crippen molar-refractivity contribution in [1.29, 1.82) is 0 Å². The quantitative estimate of drug-likeness (QED) is 0.738. The number of carbonyl (C=O) groups excluding carboxylic acids is 1. The average molecular weight is 378 g/mol. The lowest BCUT2D eigenvalue weighted by atomic mass is 9.64. The molecule has 1 atom stereocenters. The summed E-state index contributed by atoms with van der Waals surface area (Å²) in [7, 11) is 0. The molecule has 3 rings (SSSR count). The monoisotopic (exact) mass is 377 g/mol. The van der Waals surface area contributed by atoms with Crippen molar-refractivity contribution < 1.29 is 14.3 Å². The van der Waals surface area contributed by atoms with E-state index in [2.05, 4.69) is 15.5 Å². The predicted molar refractivity (Wildman–Crippen MR) is 98.0 cm³/mol. The van der Waals surface area contributed by atoms with Gasteiger partial charge in [0.15, 0.2) is 0 Å². The predicted octanol–water partition coefficient (Wildman–Crippen LogP) is 3.01. The summed E-state index contributed by atoms with van der Waals surface area (Å²) < 4.78 is 5.89. The van der Waals surface area contributed by atoms with Crippen molar-refractivity contribution in [3.8, 4) is 0 Å². The maximum Gasteiger partial charge on any atom is 0.227 e. The Kier molecular flexibility index (Phi) is 5.94. The number of amides is 1. The minimum atomic E-state index is -0.508. The summed E-state index contributed by atoms with van der Waals surface area (Å²) in [5, 5.41) is 21.3. The summed E-state index contributed by atoms with van der Waals surface area (Å²) in [6.07, 6.45) is 3.79. The molecule has 0 spiro atoms. The third-order valence-electron chi connectivity index (χ3n) is 5.05. The van der Waals surface area contributed by atoms with Gasteiger partial charge in [-0.1, -0.05) is 37.1 Å². The first-order valence-corrected chi connectivity index (χ1v) is 9.45. The summed E-state index contributed by atoms with van der Waals surface area (Å²) in [6, 6.07) is 7.78. The van der Waals surface area contributed by atoms with Crippen molar-refractivity contribution in [2.75, 3.05) is 6.54 Å². The van der Waals surface area contributed by atoms with Crippen molar-refractivity contribution in [3.63, 3.8) is 0 Å². The summed E-state index contributed by atoms with van der Waals surface area (Å²) in [5.41, 5.74) is 0.901. The average Bonchev–Trinajstić information content (AvgIpc) is 3.07. The van der Waals surface area contributed by atoms with Gasteiger partial charge in [-0.2, -0.15) is 0 Å². The molecule has 1 amide bonds. The summed E-state index contributed by atoms with van der Waals surface area (Å²) >= 11 is 5.99. The largest absolute Gasteiger partial charge is 0.424 e. The number of carbonyl (C=O) groups is 1. The van der Waals surface area contributed by atoms with Crippen molar-refractivity contribution in [2.45, 2.75) is 57.0 Å². The first-order chi connectivity index (χ1) is 12.5. The van der Waals surface area contributed by atoms with E-state index in [0.29, 0.717) is 29.6 Å². The number of rotatable bonds is 8. The number of benzene rings is 1. The van der Waals surface area contributed by atoms with Crippen LogP contribution < -0.4 is 5.32 Å². The highest BCUT2D eigenvalue weighted by molar-refractivity contribution is 6.30. The van der Waals surface area contributed by atoms with E-state index in [-0.39, 0.29) is 24.3 Å². The standard InChI is InChI=1S/C19H24ClN3O3/c1-2-15(24)12-21-16(25)8-9-17-22-23-18(26-17)19(10-3-11-19)13-4-6-14(20)7-5-13/h4-7,15,24H,2-3,8-12H2,1H3,(H,21,25)/t15-/m0/s1. The summed E-state index contributed by atoms with van der Waals surface area (Å²) in [6.45, 7) is 2.14. The van der Waals surface area contributed by atoms with E-state index < -0.39 is 6.10 Å². The molecule has 0 radical (unpaired) electrons. The Morgan fingerprint density at radius 3 is 2.69 bits per heavy atom. The zero-order valence-corrected chi connectivity index (χ0v) is 15.6. The Morgan fingerprint density at radius 2 is 2.08 bits per heavy atom. The van der Waals surface area contributed by atoms with E-state index in [0.717, 1.165) is 24.8 Å². The maximum absolute atomic E-state index is 11.8. The van der Waals surface area contributed by atoms with E-state index in [9.17, 15) is 9.90 Å². The molecule has 1 fully saturated rings. The molecule has 1 heterocycles. The lowest BCUT2D eigenvalue weighted by molar-refractivity contribution is -0.121. The highest BCUT2D eigenvalue weighted by Crippen LogP contribution is 2.48. The smallest absolute Gasteiger partial charge is 0.227 e. The third-order valence-corrected chi connectivity index (χ3v) is 5.30. The minimum absolute atomic E-state index is 0.131. The van der Waals surface area contributed by atoms with E-state index in [1.54, 1.807) is 0 Å². The van der Waals surface area contributed by atoms with Gasteiger partial charge in [-0.15, -0.1) is 10.2 Å². The van der Waals surface area contributed by atoms with Crippen LogP contribution in [-0.4, -0.2) is 33.9 Å². The molecule has 1 aliphatic carbocycles. The summed E-state index contributed by atoms with van der Waals surface area (Å²) in [5.74, 6) is 0.947. The number of aryl methyl sites for hydroxylation is 1. The van der Waals surface area contributed by atoms with Crippen molar-refractivity contribution >= 4 is 17.5 Å². The number of hydrogen-bond acceptors (Lipinski definition) is 5. The van der Waals surface area contributed by atoms with Gasteiger partial charge >= 0.3 is 0 Å². The van der Waals surface area contributed by atoms with Crippen LogP contribution in [0.2, 0.25) is 5.02 Å². The van der Waals surface area contributed by atoms with Crippen LogP contribution >= 0.6 is 11.6 Å². The molecule has 140 valence electrons. The molecule has 26 heavy (non-hydrogen) atoms. The number of halogens is 1. The van der Waals surface area contributed by atoms with E-state index in [1.807, 2.05) is 31.2 Å². The van der Waals surface area contributed by atoms with Crippen LogP contribution in [0.1, 0.15) is 56.4 Å². The molecular weight excluding hydrogens is 354 g/mol. The van der Waals surface area contributed by atoms with Crippen molar-refractivity contribution in [1.82, 2.24) is 15.5 Å². The van der Waals surface area contributed by atoms with Gasteiger partial charge < -0.3 is 14.8 Å². The molecule has 0 unspecified atom stereocenters. The molecule has 1 aliphatic rings. The number of nitrogens with zero attached hydrogens (tertiary/aromatic N) is 2. The van der Waals surface area contributed by atoms with Gasteiger partial charge in [0.2, 0.25) is 17.7 Å². The Labute approximate surface area is 158 Å². The van der Waals surface area contributed by atoms with Gasteiger partial charge in [0.25, 0.3) is 0 Å². The molecule has 2 N–H and O–H groups in total. The van der Waals surface area contributed by atoms with E-state index in [4.69, 9.17) is 16.0 Å². The van der Waals surface area contributed by atoms with Gasteiger partial charge in [-0.05, 0) is 37.0 Å². The van der Waals surface area contributed by atoms with Crippen LogP contribution in [0.5, 0.6) is 0 Å². The molecule has 0 aliphatic heterocycles. The topological polar surface area (TPSA) is 88.2 Å². The number of aliphatic hydroxyl groups is 1. The lowest BCUT2D eigenvalue weighted by Crippen LogP contribution is -2.35. The third kappa shape index (κ3) is 4.07. The Balaban J connectivity index is 1.62. The number of aromatic nitrogens is 2. The number of nitrogens with one attached hydrogen (secondary N) is 1. The second-order valence-corrected chi connectivity index (χ2v) is 7.25. The highest BCUT2D eigenvalue weighted by Gasteiger charge is 2.45. The van der Waals surface area contributed by atoms with Crippen molar-refractivity contribution in [3.05, 3.63) is 46.6 Å². The molecule has 6 nitrogen and oxygen atoms in total. The van der Waals surface area contributed by atoms with Gasteiger partial charge in [-0.3, -0.25) is 4.79 Å². The second kappa shape index (κ2) is 8.18. The molecule has 1 saturated carbocycles. The maximum atomic E-state index is 11.8. The van der Waals surface area contributed by atoms with Crippen molar-refractivity contribution in [2.24, 2.45) is 0 Å². The minimum Gasteiger partial charge on any atom is -0.424 e. The van der Waals surface area contributed by atoms with Gasteiger partial charge in [-0.25, -0.2) is 0 Å². The van der Waals surface area contributed by atoms with Crippen LogP contribution in [0.15, 0.2) is 28.7 Å². The van der Waals surface area contributed by atoms with Gasteiger partial charge in [0.05, 0.1) is 11.5 Å². The Bertz CT molecular complexity index is 741. The van der Waals surface area contributed by atoms with Crippen LogP contribution in [0, 0.1) is 0 Å². The molecule has 0 bridgehead atoms. The van der Waals surface area contributed by atoms with Gasteiger partial charge in [0, 0.05) is 24.4 Å². The Morgan fingerprint density at radius 1 is 1.35 bits per heavy atom. The van der Waals surface area contributed by atoms with E-state index in [1.165, 1.54) is 0 Å². The number of hydrogen-bond donors (Lipinski definition) is 2. The Hall–Kier alpha value is -1.92. The normalized spacial score (nSPS) is 16.7. The summed E-state index contributed by atoms with van der Waals surface area (Å²) in [4.78, 5) is 11.8. The first kappa shape index (κ1) is 18.9. The van der Waals surface area contributed by atoms with Gasteiger partial charge in [0.1, 0.15) is 0 Å². The fourth-order valence-corrected chi connectivity index (χ4v) is 3.28. The molecule has 2 aromatic rings. The van der Waals surface area contributed by atoms with Crippen LogP contribution in [0.4, 0.5) is 0 Å². The van der Waals surface area contributed by atoms with Crippen LogP contribution in [0.25, 0.3) is 0 Å². The van der Waals surface area contributed by atoms with Crippen LogP contribution in [0.3, 0.4) is 0 Å². The zero-order chi connectivity index (χ0) is 18.6.